The number of hydrogen-bond acceptors (Lipinski definition) is 5. The molecular weight excluding hydrogens is 433 g/mol. The molecule has 0 aromatic heterocycles. The highest BCUT2D eigenvalue weighted by atomic mass is 35.5. The maximum absolute atomic E-state index is 12.9. The first-order chi connectivity index (χ1) is 13.5. The Kier molecular flexibility index (Phi) is 8.99. The third kappa shape index (κ3) is 6.46. The van der Waals surface area contributed by atoms with Crippen LogP contribution in [0.15, 0.2) is 58.8 Å². The lowest BCUT2D eigenvalue weighted by Crippen LogP contribution is -2.50. The summed E-state index contributed by atoms with van der Waals surface area (Å²) < 4.78 is 37.4. The van der Waals surface area contributed by atoms with E-state index < -0.39 is 9.84 Å². The van der Waals surface area contributed by atoms with Crippen LogP contribution in [0, 0.1) is 0 Å². The molecule has 1 N–H and O–H groups in total. The smallest absolute Gasteiger partial charge is 0.203 e. The van der Waals surface area contributed by atoms with E-state index in [9.17, 15) is 8.42 Å². The van der Waals surface area contributed by atoms with Crippen molar-refractivity contribution in [3.8, 4) is 5.75 Å². The van der Waals surface area contributed by atoms with Crippen molar-refractivity contribution in [2.24, 2.45) is 0 Å². The zero-order chi connectivity index (χ0) is 20.0. The normalized spacial score (nSPS) is 18.2. The van der Waals surface area contributed by atoms with Gasteiger partial charge in [0.05, 0.1) is 19.3 Å². The summed E-state index contributed by atoms with van der Waals surface area (Å²) in [6, 6.07) is 13.7. The monoisotopic (exact) mass is 457 g/mol. The number of rotatable bonds is 7. The van der Waals surface area contributed by atoms with Crippen molar-refractivity contribution < 1.29 is 17.9 Å². The fourth-order valence-corrected chi connectivity index (χ4v) is 4.31. The number of nitrogens with one attached hydrogen (secondary N) is 1. The topological polar surface area (TPSA) is 64.6 Å². The van der Waals surface area contributed by atoms with Gasteiger partial charge in [-0.25, -0.2) is 8.42 Å². The van der Waals surface area contributed by atoms with Crippen molar-refractivity contribution in [3.63, 3.8) is 0 Å². The maximum Gasteiger partial charge on any atom is 0.203 e. The van der Waals surface area contributed by atoms with Crippen molar-refractivity contribution in [1.29, 1.82) is 0 Å². The van der Waals surface area contributed by atoms with Gasteiger partial charge >= 0.3 is 0 Å². The Balaban J connectivity index is 0.00000300. The molecule has 0 amide bonds. The van der Waals surface area contributed by atoms with Gasteiger partial charge in [-0.3, -0.25) is 0 Å². The summed E-state index contributed by atoms with van der Waals surface area (Å²) in [4.78, 5) is 0.149. The Morgan fingerprint density at radius 1 is 1.24 bits per heavy atom. The van der Waals surface area contributed by atoms with E-state index in [0.29, 0.717) is 24.0 Å². The minimum Gasteiger partial charge on any atom is -0.487 e. The van der Waals surface area contributed by atoms with Crippen molar-refractivity contribution in [2.45, 2.75) is 30.4 Å². The van der Waals surface area contributed by atoms with Crippen LogP contribution in [0.1, 0.15) is 18.9 Å². The highest BCUT2D eigenvalue weighted by Gasteiger charge is 2.26. The predicted octanol–water partition coefficient (Wildman–Crippen LogP) is 4.35. The van der Waals surface area contributed by atoms with Crippen molar-refractivity contribution in [3.05, 3.63) is 64.5 Å². The minimum absolute atomic E-state index is 0. The second-order valence-corrected chi connectivity index (χ2v) is 8.78. The van der Waals surface area contributed by atoms with Gasteiger partial charge in [0.1, 0.15) is 16.7 Å². The minimum atomic E-state index is -3.67. The number of morpholine rings is 1. The van der Waals surface area contributed by atoms with Crippen LogP contribution in [0.4, 0.5) is 0 Å². The summed E-state index contributed by atoms with van der Waals surface area (Å²) in [7, 11) is -3.67. The van der Waals surface area contributed by atoms with Gasteiger partial charge in [0, 0.05) is 17.0 Å². The standard InChI is InChI=1S/C21H24ClNO4S.ClH/c1-2-19(18-15-26-13-12-23-18)27-20-5-3-4-6-21(20)28(24,25)14-11-16-7-9-17(22)10-8-16;/h3-11,14,18-19,23H,2,12-13,15H2,1H3;1H/b14-11+;. The number of benzene rings is 2. The fraction of sp³-hybridized carbons (Fsp3) is 0.333. The molecule has 0 saturated carbocycles. The summed E-state index contributed by atoms with van der Waals surface area (Å²) in [5, 5.41) is 5.17. The first-order valence-electron chi connectivity index (χ1n) is 9.25. The summed E-state index contributed by atoms with van der Waals surface area (Å²) >= 11 is 5.87. The maximum atomic E-state index is 12.9. The highest BCUT2D eigenvalue weighted by Crippen LogP contribution is 2.28. The Hall–Kier alpha value is -1.57. The molecule has 1 aliphatic rings. The lowest BCUT2D eigenvalue weighted by atomic mass is 10.1. The Morgan fingerprint density at radius 3 is 2.62 bits per heavy atom. The van der Waals surface area contributed by atoms with E-state index in [4.69, 9.17) is 21.1 Å². The number of para-hydroxylation sites is 1. The second kappa shape index (κ2) is 11.0. The lowest BCUT2D eigenvalue weighted by Gasteiger charge is -2.31. The molecule has 0 bridgehead atoms. The number of hydrogen-bond donors (Lipinski definition) is 1. The van der Waals surface area contributed by atoms with Gasteiger partial charge in [-0.1, -0.05) is 42.8 Å². The number of halogens is 2. The summed E-state index contributed by atoms with van der Waals surface area (Å²) in [6.45, 7) is 3.99. The Bertz CT molecular complexity index is 911. The van der Waals surface area contributed by atoms with Gasteiger partial charge < -0.3 is 14.8 Å². The molecule has 8 heteroatoms. The first kappa shape index (κ1) is 23.7. The van der Waals surface area contributed by atoms with Gasteiger partial charge in [-0.2, -0.15) is 0 Å². The average Bonchev–Trinajstić information content (AvgIpc) is 2.72. The molecule has 2 atom stereocenters. The molecule has 1 saturated heterocycles. The summed E-state index contributed by atoms with van der Waals surface area (Å²) in [5.41, 5.74) is 0.751. The van der Waals surface area contributed by atoms with Crippen LogP contribution >= 0.6 is 24.0 Å². The van der Waals surface area contributed by atoms with Gasteiger partial charge in [0.2, 0.25) is 9.84 Å². The van der Waals surface area contributed by atoms with E-state index in [0.717, 1.165) is 18.5 Å². The molecule has 1 aliphatic heterocycles. The van der Waals surface area contributed by atoms with Crippen molar-refractivity contribution in [1.82, 2.24) is 5.32 Å². The molecular formula is C21H25Cl2NO4S. The van der Waals surface area contributed by atoms with E-state index in [1.807, 2.05) is 6.92 Å². The van der Waals surface area contributed by atoms with E-state index in [1.165, 1.54) is 5.41 Å². The lowest BCUT2D eigenvalue weighted by molar-refractivity contribution is 0.0257. The van der Waals surface area contributed by atoms with E-state index >= 15 is 0 Å². The summed E-state index contributed by atoms with van der Waals surface area (Å²) in [5.74, 6) is 0.350. The third-order valence-electron chi connectivity index (χ3n) is 4.55. The SMILES string of the molecule is CCC(Oc1ccccc1S(=O)(=O)/C=C/c1ccc(Cl)cc1)C1COCCN1.Cl. The van der Waals surface area contributed by atoms with E-state index in [-0.39, 0.29) is 29.4 Å². The molecule has 2 aromatic carbocycles. The Morgan fingerprint density at radius 2 is 1.97 bits per heavy atom. The molecule has 2 aromatic rings. The predicted molar refractivity (Wildman–Crippen MR) is 119 cm³/mol. The number of ether oxygens (including phenoxy) is 2. The van der Waals surface area contributed by atoms with Crippen LogP contribution < -0.4 is 10.1 Å². The largest absolute Gasteiger partial charge is 0.487 e. The zero-order valence-electron chi connectivity index (χ0n) is 16.1. The molecule has 3 rings (SSSR count). The average molecular weight is 458 g/mol. The fourth-order valence-electron chi connectivity index (χ4n) is 3.04. The summed E-state index contributed by atoms with van der Waals surface area (Å²) in [6.07, 6.45) is 2.10. The van der Waals surface area contributed by atoms with Crippen LogP contribution in [0.3, 0.4) is 0 Å². The molecule has 1 fully saturated rings. The molecule has 29 heavy (non-hydrogen) atoms. The van der Waals surface area contributed by atoms with Crippen molar-refractivity contribution in [2.75, 3.05) is 19.8 Å². The van der Waals surface area contributed by atoms with Crippen LogP contribution in [0.5, 0.6) is 5.75 Å². The molecule has 158 valence electrons. The third-order valence-corrected chi connectivity index (χ3v) is 6.24. The van der Waals surface area contributed by atoms with E-state index in [1.54, 1.807) is 54.6 Å². The van der Waals surface area contributed by atoms with Gasteiger partial charge in [-0.05, 0) is 42.3 Å². The Labute approximate surface area is 183 Å². The first-order valence-corrected chi connectivity index (χ1v) is 11.2. The van der Waals surface area contributed by atoms with Crippen molar-refractivity contribution >= 4 is 39.9 Å². The zero-order valence-corrected chi connectivity index (χ0v) is 18.5. The highest BCUT2D eigenvalue weighted by molar-refractivity contribution is 7.94. The van der Waals surface area contributed by atoms with Crippen LogP contribution in [0.25, 0.3) is 6.08 Å². The molecule has 5 nitrogen and oxygen atoms in total. The molecule has 0 radical (unpaired) electrons. The second-order valence-electron chi connectivity index (χ2n) is 6.55. The number of sulfone groups is 1. The molecule has 1 heterocycles. The van der Waals surface area contributed by atoms with Gasteiger partial charge in [0.15, 0.2) is 0 Å². The molecule has 0 aliphatic carbocycles. The molecule has 2 unspecified atom stereocenters. The van der Waals surface area contributed by atoms with Gasteiger partial charge in [-0.15, -0.1) is 12.4 Å². The van der Waals surface area contributed by atoms with Crippen LogP contribution in [-0.4, -0.2) is 40.3 Å². The van der Waals surface area contributed by atoms with Crippen LogP contribution in [0.2, 0.25) is 5.02 Å². The van der Waals surface area contributed by atoms with Gasteiger partial charge in [0.25, 0.3) is 0 Å². The van der Waals surface area contributed by atoms with E-state index in [2.05, 4.69) is 5.32 Å². The van der Waals surface area contributed by atoms with Crippen LogP contribution in [-0.2, 0) is 14.6 Å². The molecule has 0 spiro atoms. The quantitative estimate of drug-likeness (QED) is 0.669.